The molecule has 2 unspecified atom stereocenters. The van der Waals surface area contributed by atoms with Crippen LogP contribution in [0.4, 0.5) is 4.39 Å². The van der Waals surface area contributed by atoms with Crippen molar-refractivity contribution >= 4 is 17.3 Å². The van der Waals surface area contributed by atoms with Gasteiger partial charge in [-0.05, 0) is 43.7 Å². The first-order valence-electron chi connectivity index (χ1n) is 12.9. The Kier molecular flexibility index (Phi) is 9.89. The first kappa shape index (κ1) is 27.9. The highest BCUT2D eigenvalue weighted by Gasteiger charge is 2.47. The SMILES string of the molecule is COC(=O)[C@]1(OCCOC2CCCCO2)C[C@@H](C)CN(Cc2cnc(-c3ccccc3OC(C)F)s2)C1. The number of nitrogens with zero attached hydrogens (tertiary/aromatic N) is 2. The molecule has 204 valence electrons. The van der Waals surface area contributed by atoms with E-state index < -0.39 is 12.0 Å². The average Bonchev–Trinajstić information content (AvgIpc) is 3.34. The fraction of sp³-hybridized carbons (Fsp3) is 0.630. The van der Waals surface area contributed by atoms with E-state index in [0.717, 1.165) is 47.9 Å². The number of rotatable bonds is 11. The molecule has 0 spiro atoms. The van der Waals surface area contributed by atoms with Gasteiger partial charge in [-0.25, -0.2) is 14.2 Å². The van der Waals surface area contributed by atoms with Crippen LogP contribution in [0, 0.1) is 5.92 Å². The molecular weight excluding hydrogens is 499 g/mol. The zero-order chi connectivity index (χ0) is 26.3. The first-order valence-corrected chi connectivity index (χ1v) is 13.7. The van der Waals surface area contributed by atoms with Gasteiger partial charge in [0.05, 0.1) is 25.9 Å². The lowest BCUT2D eigenvalue weighted by atomic mass is 9.86. The number of likely N-dealkylation sites (tertiary alicyclic amines) is 1. The molecular formula is C27H37FN2O6S. The number of methoxy groups -OCH3 is 1. The second-order valence-electron chi connectivity index (χ2n) is 9.77. The minimum atomic E-state index is -1.41. The van der Waals surface area contributed by atoms with Gasteiger partial charge in [0, 0.05) is 44.2 Å². The van der Waals surface area contributed by atoms with Crippen LogP contribution in [-0.4, -0.2) is 74.1 Å². The van der Waals surface area contributed by atoms with Gasteiger partial charge in [0.1, 0.15) is 10.8 Å². The molecule has 2 fully saturated rings. The zero-order valence-electron chi connectivity index (χ0n) is 21.8. The van der Waals surface area contributed by atoms with Crippen molar-refractivity contribution < 1.29 is 32.9 Å². The Morgan fingerprint density at radius 1 is 1.32 bits per heavy atom. The van der Waals surface area contributed by atoms with Crippen LogP contribution in [0.3, 0.4) is 0 Å². The van der Waals surface area contributed by atoms with Crippen LogP contribution < -0.4 is 4.74 Å². The molecule has 0 radical (unpaired) electrons. The second-order valence-corrected chi connectivity index (χ2v) is 10.9. The van der Waals surface area contributed by atoms with E-state index in [2.05, 4.69) is 16.8 Å². The monoisotopic (exact) mass is 536 g/mol. The molecule has 3 heterocycles. The summed E-state index contributed by atoms with van der Waals surface area (Å²) in [6, 6.07) is 7.31. The highest BCUT2D eigenvalue weighted by Crippen LogP contribution is 2.36. The van der Waals surface area contributed by atoms with Crippen molar-refractivity contribution in [1.29, 1.82) is 0 Å². The first-order chi connectivity index (χ1) is 17.9. The van der Waals surface area contributed by atoms with Crippen molar-refractivity contribution in [3.63, 3.8) is 0 Å². The topological polar surface area (TPSA) is 79.4 Å². The summed E-state index contributed by atoms with van der Waals surface area (Å²) in [5.74, 6) is 0.321. The van der Waals surface area contributed by atoms with Crippen molar-refractivity contribution in [1.82, 2.24) is 9.88 Å². The third-order valence-electron chi connectivity index (χ3n) is 6.53. The molecule has 2 aliphatic rings. The van der Waals surface area contributed by atoms with E-state index in [-0.39, 0.29) is 24.8 Å². The standard InChI is InChI=1S/C27H37FN2O6S/c1-19-14-27(26(31)32-3,35-13-12-34-24-10-6-7-11-33-24)18-30(16-19)17-21-15-29-25(37-21)22-8-4-5-9-23(22)36-20(2)28/h4-5,8-9,15,19-20,24H,6-7,10-14,16-18H2,1-3H3/t19-,20?,24?,27+/m1/s1. The van der Waals surface area contributed by atoms with E-state index in [1.165, 1.54) is 25.4 Å². The molecule has 1 aromatic heterocycles. The van der Waals surface area contributed by atoms with Crippen LogP contribution in [0.2, 0.25) is 0 Å². The number of hydrogen-bond donors (Lipinski definition) is 0. The van der Waals surface area contributed by atoms with Crippen molar-refractivity contribution in [2.75, 3.05) is 40.0 Å². The van der Waals surface area contributed by atoms with E-state index in [1.807, 2.05) is 24.4 Å². The maximum atomic E-state index is 13.5. The summed E-state index contributed by atoms with van der Waals surface area (Å²) in [4.78, 5) is 20.8. The molecule has 1 aromatic carbocycles. The number of hydrogen-bond acceptors (Lipinski definition) is 9. The molecule has 0 N–H and O–H groups in total. The van der Waals surface area contributed by atoms with Crippen molar-refractivity contribution in [3.8, 4) is 16.3 Å². The number of benzene rings is 1. The third-order valence-corrected chi connectivity index (χ3v) is 7.54. The lowest BCUT2D eigenvalue weighted by Crippen LogP contribution is -2.57. The molecule has 37 heavy (non-hydrogen) atoms. The highest BCUT2D eigenvalue weighted by atomic mass is 32.1. The summed E-state index contributed by atoms with van der Waals surface area (Å²) >= 11 is 1.53. The Hall–Kier alpha value is -2.11. The molecule has 2 saturated heterocycles. The largest absolute Gasteiger partial charge is 0.467 e. The van der Waals surface area contributed by atoms with Crippen LogP contribution >= 0.6 is 11.3 Å². The van der Waals surface area contributed by atoms with Gasteiger partial charge in [-0.1, -0.05) is 19.1 Å². The summed E-state index contributed by atoms with van der Waals surface area (Å²) < 4.78 is 41.6. The summed E-state index contributed by atoms with van der Waals surface area (Å²) in [7, 11) is 1.40. The molecule has 0 bridgehead atoms. The normalized spacial score (nSPS) is 25.5. The number of carbonyl (C=O) groups is 1. The molecule has 0 saturated carbocycles. The van der Waals surface area contributed by atoms with Crippen LogP contribution in [0.1, 0.15) is 44.4 Å². The number of ether oxygens (including phenoxy) is 5. The van der Waals surface area contributed by atoms with Gasteiger partial charge in [0.15, 0.2) is 11.9 Å². The van der Waals surface area contributed by atoms with Gasteiger partial charge in [-0.3, -0.25) is 4.90 Å². The summed E-state index contributed by atoms with van der Waals surface area (Å²) in [5, 5.41) is 0.758. The highest BCUT2D eigenvalue weighted by molar-refractivity contribution is 7.15. The Morgan fingerprint density at radius 2 is 2.16 bits per heavy atom. The Morgan fingerprint density at radius 3 is 2.92 bits per heavy atom. The van der Waals surface area contributed by atoms with E-state index in [1.54, 1.807) is 6.07 Å². The Bertz CT molecular complexity index is 1010. The van der Waals surface area contributed by atoms with Gasteiger partial charge in [-0.15, -0.1) is 11.3 Å². The minimum absolute atomic E-state index is 0.197. The number of piperidine rings is 1. The molecule has 0 aliphatic carbocycles. The molecule has 8 nitrogen and oxygen atoms in total. The molecule has 2 aromatic rings. The summed E-state index contributed by atoms with van der Waals surface area (Å²) in [5.41, 5.74) is -0.307. The van der Waals surface area contributed by atoms with Gasteiger partial charge in [0.2, 0.25) is 6.36 Å². The predicted molar refractivity (Wildman–Crippen MR) is 138 cm³/mol. The molecule has 0 amide bonds. The lowest BCUT2D eigenvalue weighted by molar-refractivity contribution is -0.197. The third kappa shape index (κ3) is 7.48. The number of aromatic nitrogens is 1. The zero-order valence-corrected chi connectivity index (χ0v) is 22.6. The Labute approximate surface area is 222 Å². The fourth-order valence-corrected chi connectivity index (χ4v) is 6.07. The van der Waals surface area contributed by atoms with Crippen LogP contribution in [0.25, 0.3) is 10.6 Å². The number of alkyl halides is 1. The maximum Gasteiger partial charge on any atom is 0.339 e. The summed E-state index contributed by atoms with van der Waals surface area (Å²) in [6.45, 7) is 6.67. The van der Waals surface area contributed by atoms with E-state index in [0.29, 0.717) is 31.9 Å². The number of thiazole rings is 1. The molecule has 10 heteroatoms. The predicted octanol–water partition coefficient (Wildman–Crippen LogP) is 4.82. The second kappa shape index (κ2) is 13.1. The van der Waals surface area contributed by atoms with Gasteiger partial charge >= 0.3 is 5.97 Å². The van der Waals surface area contributed by atoms with Crippen LogP contribution in [0.15, 0.2) is 30.5 Å². The summed E-state index contributed by atoms with van der Waals surface area (Å²) in [6.07, 6.45) is 3.84. The molecule has 4 rings (SSSR count). The van der Waals surface area contributed by atoms with Crippen molar-refractivity contribution in [2.45, 2.75) is 64.3 Å². The number of esters is 1. The number of halogens is 1. The van der Waals surface area contributed by atoms with E-state index >= 15 is 0 Å². The molecule has 2 aliphatic heterocycles. The fourth-order valence-electron chi connectivity index (χ4n) is 5.08. The van der Waals surface area contributed by atoms with Gasteiger partial charge in [-0.2, -0.15) is 0 Å². The van der Waals surface area contributed by atoms with Crippen molar-refractivity contribution in [2.24, 2.45) is 5.92 Å². The minimum Gasteiger partial charge on any atom is -0.467 e. The smallest absolute Gasteiger partial charge is 0.339 e. The lowest BCUT2D eigenvalue weighted by Gasteiger charge is -2.43. The van der Waals surface area contributed by atoms with Crippen LogP contribution in [0.5, 0.6) is 5.75 Å². The Balaban J connectivity index is 1.41. The quantitative estimate of drug-likeness (QED) is 0.299. The molecule has 4 atom stereocenters. The van der Waals surface area contributed by atoms with Gasteiger partial charge in [0.25, 0.3) is 0 Å². The number of para-hydroxylation sites is 1. The van der Waals surface area contributed by atoms with E-state index in [4.69, 9.17) is 23.7 Å². The average molecular weight is 537 g/mol. The maximum absolute atomic E-state index is 13.5. The van der Waals surface area contributed by atoms with Gasteiger partial charge < -0.3 is 23.7 Å². The van der Waals surface area contributed by atoms with Crippen LogP contribution in [-0.2, 0) is 30.3 Å². The van der Waals surface area contributed by atoms with E-state index in [9.17, 15) is 9.18 Å². The number of carbonyl (C=O) groups excluding carboxylic acids is 1. The van der Waals surface area contributed by atoms with Crippen molar-refractivity contribution in [3.05, 3.63) is 35.3 Å².